The van der Waals surface area contributed by atoms with Crippen LogP contribution < -0.4 is 5.32 Å². The Labute approximate surface area is 129 Å². The molecule has 0 saturated heterocycles. The Balaban J connectivity index is 2.20. The van der Waals surface area contributed by atoms with Crippen molar-refractivity contribution in [1.29, 1.82) is 0 Å². The number of nitrogens with zero attached hydrogens (tertiary/aromatic N) is 2. The number of carbonyl (C=O) groups excluding carboxylic acids is 1. The lowest BCUT2D eigenvalue weighted by Crippen LogP contribution is -2.76. The Morgan fingerprint density at radius 1 is 1.50 bits per heavy atom. The second-order valence-electron chi connectivity index (χ2n) is 6.12. The lowest BCUT2D eigenvalue weighted by atomic mass is 9.54. The number of aryl methyl sites for hydroxylation is 1. The van der Waals surface area contributed by atoms with Crippen molar-refractivity contribution in [2.75, 3.05) is 6.61 Å². The van der Waals surface area contributed by atoms with Crippen molar-refractivity contribution in [3.63, 3.8) is 0 Å². The van der Waals surface area contributed by atoms with Crippen LogP contribution in [0.1, 0.15) is 44.5 Å². The van der Waals surface area contributed by atoms with Crippen molar-refractivity contribution in [2.24, 2.45) is 5.41 Å². The molecule has 0 unspecified atom stereocenters. The summed E-state index contributed by atoms with van der Waals surface area (Å²) < 4.78 is 7.20. The fraction of sp³-hybridized carbons (Fsp3) is 0.667. The summed E-state index contributed by atoms with van der Waals surface area (Å²) in [5.74, 6) is -1.46. The van der Waals surface area contributed by atoms with E-state index in [1.54, 1.807) is 24.7 Å². The Morgan fingerprint density at radius 3 is 2.64 bits per heavy atom. The van der Waals surface area contributed by atoms with Crippen molar-refractivity contribution in [1.82, 2.24) is 15.1 Å². The van der Waals surface area contributed by atoms with Crippen LogP contribution in [-0.4, -0.2) is 45.0 Å². The summed E-state index contributed by atoms with van der Waals surface area (Å²) in [6, 6.07) is 0. The maximum atomic E-state index is 12.4. The van der Waals surface area contributed by atoms with Gasteiger partial charge in [0, 0.05) is 31.2 Å². The van der Waals surface area contributed by atoms with Gasteiger partial charge in [-0.1, -0.05) is 13.8 Å². The number of hydrogen-bond acceptors (Lipinski definition) is 4. The highest BCUT2D eigenvalue weighted by atomic mass is 16.5. The molecule has 1 aliphatic carbocycles. The zero-order valence-corrected chi connectivity index (χ0v) is 13.4. The highest BCUT2D eigenvalue weighted by Crippen LogP contribution is 2.51. The van der Waals surface area contributed by atoms with Crippen LogP contribution in [0, 0.1) is 5.41 Å². The molecule has 2 N–H and O–H groups in total. The molecule has 2 atom stereocenters. The number of amides is 1. The molecule has 0 spiro atoms. The van der Waals surface area contributed by atoms with Gasteiger partial charge in [0.15, 0.2) is 0 Å². The third-order valence-corrected chi connectivity index (χ3v) is 4.68. The van der Waals surface area contributed by atoms with Gasteiger partial charge in [0.2, 0.25) is 0 Å². The minimum absolute atomic E-state index is 0.188. The predicted molar refractivity (Wildman–Crippen MR) is 79.5 cm³/mol. The molecule has 1 fully saturated rings. The first-order chi connectivity index (χ1) is 10.3. The van der Waals surface area contributed by atoms with Gasteiger partial charge in [0.25, 0.3) is 5.91 Å². The summed E-state index contributed by atoms with van der Waals surface area (Å²) in [4.78, 5) is 24.2. The first-order valence-electron chi connectivity index (χ1n) is 7.48. The number of nitrogens with one attached hydrogen (secondary N) is 1. The van der Waals surface area contributed by atoms with E-state index in [1.165, 1.54) is 6.20 Å². The van der Waals surface area contributed by atoms with Crippen LogP contribution in [0.3, 0.4) is 0 Å². The molecule has 122 valence electrons. The standard InChI is InChI=1S/C15H23N3O4/c1-5-18-9-10(8-16-18)12(19)17-15(13(20)21)7-11(22-6-2)14(15,3)4/h8-9,11H,5-7H2,1-4H3,(H,17,19)(H,20,21)/t11-,15-/m0/s1. The van der Waals surface area contributed by atoms with E-state index in [0.717, 1.165) is 0 Å². The topological polar surface area (TPSA) is 93.5 Å². The van der Waals surface area contributed by atoms with E-state index in [2.05, 4.69) is 10.4 Å². The first-order valence-corrected chi connectivity index (χ1v) is 7.48. The van der Waals surface area contributed by atoms with Crippen LogP contribution in [0.4, 0.5) is 0 Å². The van der Waals surface area contributed by atoms with E-state index >= 15 is 0 Å². The molecule has 0 bridgehead atoms. The highest BCUT2D eigenvalue weighted by molar-refractivity contribution is 5.98. The number of rotatable bonds is 6. The summed E-state index contributed by atoms with van der Waals surface area (Å²) in [6.45, 7) is 8.56. The quantitative estimate of drug-likeness (QED) is 0.826. The van der Waals surface area contributed by atoms with E-state index in [1.807, 2.05) is 13.8 Å². The number of aromatic nitrogens is 2. The van der Waals surface area contributed by atoms with Crippen molar-refractivity contribution in [2.45, 2.75) is 52.3 Å². The second-order valence-corrected chi connectivity index (χ2v) is 6.12. The predicted octanol–water partition coefficient (Wildman–Crippen LogP) is 1.29. The minimum Gasteiger partial charge on any atom is -0.479 e. The Morgan fingerprint density at radius 2 is 2.18 bits per heavy atom. The fourth-order valence-corrected chi connectivity index (χ4v) is 2.96. The number of carboxylic acids is 1. The number of carbonyl (C=O) groups is 2. The van der Waals surface area contributed by atoms with Crippen molar-refractivity contribution >= 4 is 11.9 Å². The Bertz CT molecular complexity index is 581. The van der Waals surface area contributed by atoms with Gasteiger partial charge in [0.1, 0.15) is 5.54 Å². The maximum Gasteiger partial charge on any atom is 0.330 e. The average Bonchev–Trinajstić information content (AvgIpc) is 2.94. The largest absolute Gasteiger partial charge is 0.479 e. The van der Waals surface area contributed by atoms with Crippen molar-refractivity contribution in [3.05, 3.63) is 18.0 Å². The molecule has 0 aliphatic heterocycles. The normalized spacial score (nSPS) is 26.3. The number of hydrogen-bond donors (Lipinski definition) is 2. The smallest absolute Gasteiger partial charge is 0.330 e. The third-order valence-electron chi connectivity index (χ3n) is 4.68. The molecule has 1 aromatic heterocycles. The zero-order chi connectivity index (χ0) is 16.5. The lowest BCUT2D eigenvalue weighted by Gasteiger charge is -2.58. The molecule has 7 nitrogen and oxygen atoms in total. The third kappa shape index (κ3) is 2.39. The van der Waals surface area contributed by atoms with E-state index in [-0.39, 0.29) is 12.5 Å². The Hall–Kier alpha value is -1.89. The molecule has 7 heteroatoms. The van der Waals surface area contributed by atoms with Crippen molar-refractivity contribution in [3.8, 4) is 0 Å². The van der Waals surface area contributed by atoms with Crippen LogP contribution in [0.5, 0.6) is 0 Å². The van der Waals surface area contributed by atoms with E-state index in [0.29, 0.717) is 18.7 Å². The molecule has 1 aliphatic rings. The van der Waals surface area contributed by atoms with E-state index in [9.17, 15) is 14.7 Å². The van der Waals surface area contributed by atoms with Crippen LogP contribution in [0.2, 0.25) is 0 Å². The van der Waals surface area contributed by atoms with Gasteiger partial charge in [-0.05, 0) is 13.8 Å². The molecule has 1 saturated carbocycles. The van der Waals surface area contributed by atoms with Gasteiger partial charge >= 0.3 is 5.97 Å². The minimum atomic E-state index is -1.32. The van der Waals surface area contributed by atoms with Gasteiger partial charge in [-0.2, -0.15) is 5.10 Å². The molecule has 22 heavy (non-hydrogen) atoms. The maximum absolute atomic E-state index is 12.4. The molecule has 1 aromatic rings. The number of ether oxygens (including phenoxy) is 1. The second kappa shape index (κ2) is 5.72. The van der Waals surface area contributed by atoms with Crippen LogP contribution in [-0.2, 0) is 16.1 Å². The molecule has 0 radical (unpaired) electrons. The van der Waals surface area contributed by atoms with E-state index in [4.69, 9.17) is 4.74 Å². The lowest BCUT2D eigenvalue weighted by molar-refractivity contribution is -0.190. The molecular formula is C15H23N3O4. The molecule has 2 rings (SSSR count). The monoisotopic (exact) mass is 309 g/mol. The summed E-state index contributed by atoms with van der Waals surface area (Å²) in [5, 5.41) is 16.4. The fourth-order valence-electron chi connectivity index (χ4n) is 2.96. The van der Waals surface area contributed by atoms with Crippen molar-refractivity contribution < 1.29 is 19.4 Å². The summed E-state index contributed by atoms with van der Waals surface area (Å²) in [5.41, 5.74) is -1.65. The molecule has 1 heterocycles. The molecule has 1 amide bonds. The van der Waals surface area contributed by atoms with Gasteiger partial charge in [-0.25, -0.2) is 4.79 Å². The summed E-state index contributed by atoms with van der Waals surface area (Å²) >= 11 is 0. The zero-order valence-electron chi connectivity index (χ0n) is 13.4. The summed E-state index contributed by atoms with van der Waals surface area (Å²) in [6.07, 6.45) is 3.13. The number of aliphatic carboxylic acids is 1. The van der Waals surface area contributed by atoms with Gasteiger partial charge < -0.3 is 15.2 Å². The Kier molecular flexibility index (Phi) is 4.28. The van der Waals surface area contributed by atoms with Crippen LogP contribution >= 0.6 is 0 Å². The van der Waals surface area contributed by atoms with E-state index < -0.39 is 22.8 Å². The first kappa shape index (κ1) is 16.5. The molecular weight excluding hydrogens is 286 g/mol. The van der Waals surface area contributed by atoms with Crippen LogP contribution in [0.25, 0.3) is 0 Å². The van der Waals surface area contributed by atoms with Gasteiger partial charge in [0.05, 0.1) is 17.9 Å². The van der Waals surface area contributed by atoms with Crippen LogP contribution in [0.15, 0.2) is 12.4 Å². The van der Waals surface area contributed by atoms with Gasteiger partial charge in [-0.3, -0.25) is 9.48 Å². The SMILES string of the molecule is CCO[C@H]1C[C@](NC(=O)c2cnn(CC)c2)(C(=O)O)C1(C)C. The molecule has 0 aromatic carbocycles. The number of carboxylic acid groups (broad SMARTS) is 1. The highest BCUT2D eigenvalue weighted by Gasteiger charge is 2.66. The summed E-state index contributed by atoms with van der Waals surface area (Å²) in [7, 11) is 0. The average molecular weight is 309 g/mol. The van der Waals surface area contributed by atoms with Gasteiger partial charge in [-0.15, -0.1) is 0 Å².